The number of fused-ring (bicyclic) bond motifs is 2. The summed E-state index contributed by atoms with van der Waals surface area (Å²) < 4.78 is 1.92. The fourth-order valence-electron chi connectivity index (χ4n) is 5.40. The molecule has 0 unspecified atom stereocenters. The molecule has 9 heteroatoms. The molecule has 2 fully saturated rings. The van der Waals surface area contributed by atoms with Gasteiger partial charge in [-0.15, -0.1) is 22.7 Å². The zero-order chi connectivity index (χ0) is 24.4. The first-order valence-electron chi connectivity index (χ1n) is 11.9. The van der Waals surface area contributed by atoms with E-state index in [1.807, 2.05) is 47.6 Å². The number of nitrogens with zero attached hydrogens (tertiary/aromatic N) is 4. The van der Waals surface area contributed by atoms with E-state index in [2.05, 4.69) is 34.3 Å². The van der Waals surface area contributed by atoms with Crippen LogP contribution in [0.3, 0.4) is 0 Å². The van der Waals surface area contributed by atoms with E-state index in [1.165, 1.54) is 11.3 Å². The zero-order valence-electron chi connectivity index (χ0n) is 20.2. The third kappa shape index (κ3) is 3.77. The number of aromatic nitrogens is 3. The molecule has 3 aromatic heterocycles. The van der Waals surface area contributed by atoms with E-state index in [4.69, 9.17) is 0 Å². The van der Waals surface area contributed by atoms with E-state index in [9.17, 15) is 9.59 Å². The third-order valence-electron chi connectivity index (χ3n) is 7.18. The highest BCUT2D eigenvalue weighted by Gasteiger charge is 2.54. The largest absolute Gasteiger partial charge is 0.349 e. The number of carbonyl (C=O) groups excluding carboxylic acids is 2. The lowest BCUT2D eigenvalue weighted by Gasteiger charge is -2.27. The predicted octanol–water partition coefficient (Wildman–Crippen LogP) is 4.64. The molecular weight excluding hydrogens is 478 g/mol. The number of imidazole rings is 1. The number of rotatable bonds is 5. The molecule has 2 amide bonds. The van der Waals surface area contributed by atoms with Crippen LogP contribution >= 0.6 is 22.7 Å². The number of thiazole rings is 2. The topological polar surface area (TPSA) is 79.6 Å². The van der Waals surface area contributed by atoms with Crippen LogP contribution < -0.4 is 5.32 Å². The van der Waals surface area contributed by atoms with Crippen molar-refractivity contribution in [2.45, 2.75) is 40.2 Å². The van der Waals surface area contributed by atoms with Crippen molar-refractivity contribution in [2.24, 2.45) is 11.8 Å². The van der Waals surface area contributed by atoms with Crippen molar-refractivity contribution < 1.29 is 9.59 Å². The van der Waals surface area contributed by atoms with E-state index in [-0.39, 0.29) is 17.9 Å². The van der Waals surface area contributed by atoms with Crippen molar-refractivity contribution in [2.75, 3.05) is 13.1 Å². The Morgan fingerprint density at radius 3 is 2.80 bits per heavy atom. The smallest absolute Gasteiger partial charge is 0.274 e. The van der Waals surface area contributed by atoms with E-state index in [0.717, 1.165) is 50.3 Å². The maximum atomic E-state index is 13.8. The predicted molar refractivity (Wildman–Crippen MR) is 138 cm³/mol. The Labute approximate surface area is 211 Å². The Bertz CT molecular complexity index is 1480. The van der Waals surface area contributed by atoms with Crippen molar-refractivity contribution in [3.8, 4) is 10.4 Å². The number of benzene rings is 1. The van der Waals surface area contributed by atoms with Crippen LogP contribution in [0.2, 0.25) is 0 Å². The number of likely N-dealkylation sites (tertiary alicyclic amines) is 1. The summed E-state index contributed by atoms with van der Waals surface area (Å²) in [5, 5.41) is 6.01. The van der Waals surface area contributed by atoms with Gasteiger partial charge in [-0.05, 0) is 51.5 Å². The molecular formula is C26H27N5O2S2. The van der Waals surface area contributed by atoms with Crippen LogP contribution in [-0.2, 0) is 0 Å². The summed E-state index contributed by atoms with van der Waals surface area (Å²) >= 11 is 3.09. The monoisotopic (exact) mass is 505 g/mol. The Morgan fingerprint density at radius 2 is 2.00 bits per heavy atom. The second kappa shape index (κ2) is 8.27. The van der Waals surface area contributed by atoms with Crippen LogP contribution in [-0.4, -0.2) is 50.2 Å². The van der Waals surface area contributed by atoms with Crippen molar-refractivity contribution >= 4 is 39.4 Å². The lowest BCUT2D eigenvalue weighted by molar-refractivity contribution is 0.0690. The zero-order valence-corrected chi connectivity index (χ0v) is 21.8. The molecule has 35 heavy (non-hydrogen) atoms. The van der Waals surface area contributed by atoms with Gasteiger partial charge in [0.1, 0.15) is 11.4 Å². The first-order chi connectivity index (χ1) is 16.8. The van der Waals surface area contributed by atoms with E-state index in [0.29, 0.717) is 29.8 Å². The molecule has 1 aromatic carbocycles. The third-order valence-corrected chi connectivity index (χ3v) is 9.14. The van der Waals surface area contributed by atoms with Gasteiger partial charge >= 0.3 is 0 Å². The Hall–Kier alpha value is -3.04. The van der Waals surface area contributed by atoms with Gasteiger partial charge in [0.15, 0.2) is 4.96 Å². The maximum absolute atomic E-state index is 13.8. The average molecular weight is 506 g/mol. The minimum atomic E-state index is -0.141. The van der Waals surface area contributed by atoms with Crippen molar-refractivity contribution in [1.29, 1.82) is 0 Å². The SMILES string of the molecule is Cc1cccc(-c2sc(C)nc2C(=O)N2C[C@H]3C[C@H]3[C@H]2CNC(=O)c2c(C)nc3scc(C)n23)c1. The number of nitrogens with one attached hydrogen (secondary N) is 1. The standard InChI is InChI=1S/C26H27N5O2S2/c1-13-6-5-7-17(8-13)23-21(29-16(4)35-23)25(33)30-11-18-9-19(18)20(30)10-27-24(32)22-15(3)28-26-31(22)14(2)12-34-26/h5-8,12,18-20H,9-11H2,1-4H3,(H,27,32)/t18-,19-,20-/m1/s1. The van der Waals surface area contributed by atoms with Crippen LogP contribution in [0.4, 0.5) is 0 Å². The van der Waals surface area contributed by atoms with Crippen molar-refractivity contribution in [1.82, 2.24) is 24.6 Å². The van der Waals surface area contributed by atoms with Gasteiger partial charge in [-0.3, -0.25) is 14.0 Å². The first-order valence-corrected chi connectivity index (χ1v) is 13.6. The summed E-state index contributed by atoms with van der Waals surface area (Å²) in [6.07, 6.45) is 1.12. The summed E-state index contributed by atoms with van der Waals surface area (Å²) in [6, 6.07) is 8.19. The molecule has 0 spiro atoms. The Kier molecular flexibility index (Phi) is 5.30. The number of piperidine rings is 1. The number of amides is 2. The first kappa shape index (κ1) is 22.4. The van der Waals surface area contributed by atoms with Gasteiger partial charge in [-0.2, -0.15) is 0 Å². The van der Waals surface area contributed by atoms with Gasteiger partial charge in [0.05, 0.1) is 21.6 Å². The summed E-state index contributed by atoms with van der Waals surface area (Å²) in [7, 11) is 0. The number of carbonyl (C=O) groups is 2. The van der Waals surface area contributed by atoms with Crippen LogP contribution in [0.15, 0.2) is 29.6 Å². The second-order valence-electron chi connectivity index (χ2n) is 9.72. The van der Waals surface area contributed by atoms with E-state index in [1.54, 1.807) is 11.3 Å². The molecule has 2 aliphatic rings. The Morgan fingerprint density at radius 1 is 1.17 bits per heavy atom. The summed E-state index contributed by atoms with van der Waals surface area (Å²) in [6.45, 7) is 9.02. The molecule has 7 nitrogen and oxygen atoms in total. The molecule has 4 aromatic rings. The van der Waals surface area contributed by atoms with Gasteiger partial charge in [0.25, 0.3) is 11.8 Å². The lowest BCUT2D eigenvalue weighted by Crippen LogP contribution is -2.46. The van der Waals surface area contributed by atoms with E-state index < -0.39 is 0 Å². The van der Waals surface area contributed by atoms with Crippen LogP contribution in [0.25, 0.3) is 15.4 Å². The maximum Gasteiger partial charge on any atom is 0.274 e. The molecule has 1 aliphatic carbocycles. The normalized spacial score (nSPS) is 20.9. The lowest BCUT2D eigenvalue weighted by atomic mass is 10.1. The van der Waals surface area contributed by atoms with Crippen LogP contribution in [0.1, 0.15) is 49.4 Å². The van der Waals surface area contributed by atoms with Gasteiger partial charge in [-0.1, -0.05) is 29.8 Å². The summed E-state index contributed by atoms with van der Waals surface area (Å²) in [5.41, 5.74) is 5.01. The molecule has 1 saturated heterocycles. The molecule has 0 bridgehead atoms. The molecule has 3 atom stereocenters. The second-order valence-corrected chi connectivity index (χ2v) is 11.8. The fourth-order valence-corrected chi connectivity index (χ4v) is 7.22. The highest BCUT2D eigenvalue weighted by Crippen LogP contribution is 2.50. The summed E-state index contributed by atoms with van der Waals surface area (Å²) in [4.78, 5) is 39.9. The fraction of sp³-hybridized carbons (Fsp3) is 0.385. The minimum Gasteiger partial charge on any atom is -0.349 e. The van der Waals surface area contributed by atoms with Crippen molar-refractivity contribution in [3.05, 3.63) is 63.0 Å². The molecule has 1 saturated carbocycles. The van der Waals surface area contributed by atoms with Gasteiger partial charge in [0, 0.05) is 24.2 Å². The molecule has 1 N–H and O–H groups in total. The van der Waals surface area contributed by atoms with Crippen LogP contribution in [0, 0.1) is 39.5 Å². The molecule has 180 valence electrons. The quantitative estimate of drug-likeness (QED) is 0.428. The highest BCUT2D eigenvalue weighted by molar-refractivity contribution is 7.15. The molecule has 6 rings (SSSR count). The number of hydrogen-bond acceptors (Lipinski definition) is 6. The minimum absolute atomic E-state index is 0.0175. The molecule has 1 aliphatic heterocycles. The van der Waals surface area contributed by atoms with Gasteiger partial charge in [0.2, 0.25) is 0 Å². The summed E-state index contributed by atoms with van der Waals surface area (Å²) in [5.74, 6) is 0.785. The highest BCUT2D eigenvalue weighted by atomic mass is 32.1. The Balaban J connectivity index is 1.24. The van der Waals surface area contributed by atoms with Gasteiger partial charge in [-0.25, -0.2) is 9.97 Å². The van der Waals surface area contributed by atoms with Crippen molar-refractivity contribution in [3.63, 3.8) is 0 Å². The number of hydrogen-bond donors (Lipinski definition) is 1. The van der Waals surface area contributed by atoms with Gasteiger partial charge < -0.3 is 10.2 Å². The molecule has 4 heterocycles. The van der Waals surface area contributed by atoms with E-state index >= 15 is 0 Å². The molecule has 0 radical (unpaired) electrons. The average Bonchev–Trinajstić information content (AvgIpc) is 3.10. The van der Waals surface area contributed by atoms with Crippen LogP contribution in [0.5, 0.6) is 0 Å². The number of aryl methyl sites for hydroxylation is 4.